The van der Waals surface area contributed by atoms with Crippen molar-refractivity contribution < 1.29 is 19.0 Å². The highest BCUT2D eigenvalue weighted by atomic mass is 32.1. The predicted octanol–water partition coefficient (Wildman–Crippen LogP) is 3.24. The summed E-state index contributed by atoms with van der Waals surface area (Å²) in [5.41, 5.74) is 0.381. The number of halogens is 1. The lowest BCUT2D eigenvalue weighted by Gasteiger charge is -2.38. The highest BCUT2D eigenvalue weighted by Crippen LogP contribution is 2.32. The van der Waals surface area contributed by atoms with Gasteiger partial charge in [0.05, 0.1) is 11.6 Å². The van der Waals surface area contributed by atoms with Gasteiger partial charge in [-0.05, 0) is 38.0 Å². The number of aromatic nitrogens is 3. The third-order valence-electron chi connectivity index (χ3n) is 5.72. The minimum Gasteiger partial charge on any atom is -0.503 e. The van der Waals surface area contributed by atoms with Crippen LogP contribution in [0.2, 0.25) is 0 Å². The highest BCUT2D eigenvalue weighted by molar-refractivity contribution is 7.14. The van der Waals surface area contributed by atoms with Crippen molar-refractivity contribution in [2.75, 3.05) is 20.3 Å². The molecule has 0 fully saturated rings. The molecule has 3 aromatic rings. The third kappa shape index (κ3) is 4.53. The summed E-state index contributed by atoms with van der Waals surface area (Å²) >= 11 is 1.22. The zero-order valence-electron chi connectivity index (χ0n) is 18.6. The number of aromatic hydroxyl groups is 1. The number of carbonyl (C=O) groups excluding carboxylic acids is 1. The van der Waals surface area contributed by atoms with E-state index in [9.17, 15) is 19.1 Å². The topological polar surface area (TPSA) is 97.6 Å². The van der Waals surface area contributed by atoms with Crippen LogP contribution in [0.3, 0.4) is 0 Å². The second kappa shape index (κ2) is 9.40. The Bertz CT molecular complexity index is 1220. The third-order valence-corrected chi connectivity index (χ3v) is 6.68. The molecule has 1 N–H and O–H groups in total. The SMILES string of the molecule is COCC[C@H]1CN(C(C)C)C(=O)c2c(O)c(=O)c(-c3nnc(Cc4ccc(F)cc4)s3)cn21. The molecule has 10 heteroatoms. The van der Waals surface area contributed by atoms with Gasteiger partial charge in [-0.15, -0.1) is 10.2 Å². The maximum Gasteiger partial charge on any atom is 0.274 e. The van der Waals surface area contributed by atoms with E-state index in [1.54, 1.807) is 34.9 Å². The zero-order valence-corrected chi connectivity index (χ0v) is 19.4. The highest BCUT2D eigenvalue weighted by Gasteiger charge is 2.36. The Morgan fingerprint density at radius 2 is 1.97 bits per heavy atom. The summed E-state index contributed by atoms with van der Waals surface area (Å²) in [7, 11) is 1.60. The summed E-state index contributed by atoms with van der Waals surface area (Å²) < 4.78 is 20.1. The van der Waals surface area contributed by atoms with Crippen LogP contribution in [0.1, 0.15) is 47.4 Å². The van der Waals surface area contributed by atoms with Gasteiger partial charge in [-0.25, -0.2) is 4.39 Å². The van der Waals surface area contributed by atoms with E-state index in [0.717, 1.165) is 5.56 Å². The molecule has 1 aromatic carbocycles. The summed E-state index contributed by atoms with van der Waals surface area (Å²) in [4.78, 5) is 27.7. The van der Waals surface area contributed by atoms with E-state index in [0.29, 0.717) is 36.0 Å². The molecule has 8 nitrogen and oxygen atoms in total. The number of methoxy groups -OCH3 is 1. The number of ether oxygens (including phenoxy) is 1. The van der Waals surface area contributed by atoms with E-state index < -0.39 is 11.2 Å². The van der Waals surface area contributed by atoms with Crippen LogP contribution in [0.5, 0.6) is 5.75 Å². The standard InChI is InChI=1S/C23H25FN4O4S/c1-13(2)27-11-16(8-9-32-3)28-12-17(20(29)21(30)19(28)23(27)31)22-26-25-18(33-22)10-14-4-6-15(24)7-5-14/h4-7,12-13,16,30H,8-11H2,1-3H3/t16-/m0/s1. The monoisotopic (exact) mass is 472 g/mol. The molecule has 0 unspecified atom stereocenters. The zero-order chi connectivity index (χ0) is 23.7. The molecule has 1 aliphatic heterocycles. The molecule has 174 valence electrons. The van der Waals surface area contributed by atoms with Crippen LogP contribution in [-0.4, -0.2) is 57.0 Å². The first-order valence-electron chi connectivity index (χ1n) is 10.6. The number of fused-ring (bicyclic) bond motifs is 1. The van der Waals surface area contributed by atoms with E-state index in [4.69, 9.17) is 4.74 Å². The quantitative estimate of drug-likeness (QED) is 0.567. The van der Waals surface area contributed by atoms with Crippen LogP contribution in [0, 0.1) is 5.82 Å². The molecule has 1 atom stereocenters. The van der Waals surface area contributed by atoms with Crippen LogP contribution in [0.15, 0.2) is 35.3 Å². The summed E-state index contributed by atoms with van der Waals surface area (Å²) in [5, 5.41) is 20.1. The summed E-state index contributed by atoms with van der Waals surface area (Å²) in [6, 6.07) is 5.84. The Hall–Kier alpha value is -3.11. The van der Waals surface area contributed by atoms with Gasteiger partial charge in [0.2, 0.25) is 5.43 Å². The molecular formula is C23H25FN4O4S. The summed E-state index contributed by atoms with van der Waals surface area (Å²) in [6.07, 6.45) is 2.64. The van der Waals surface area contributed by atoms with Crippen LogP contribution in [0.25, 0.3) is 10.6 Å². The molecule has 0 aliphatic carbocycles. The van der Waals surface area contributed by atoms with Crippen LogP contribution in [0.4, 0.5) is 4.39 Å². The van der Waals surface area contributed by atoms with Crippen molar-refractivity contribution in [1.82, 2.24) is 19.7 Å². The van der Waals surface area contributed by atoms with Crippen molar-refractivity contribution >= 4 is 17.2 Å². The Morgan fingerprint density at radius 3 is 2.64 bits per heavy atom. The van der Waals surface area contributed by atoms with E-state index in [-0.39, 0.29) is 35.1 Å². The normalized spacial score (nSPS) is 15.8. The average Bonchev–Trinajstić information content (AvgIpc) is 3.24. The largest absolute Gasteiger partial charge is 0.503 e. The first-order valence-corrected chi connectivity index (χ1v) is 11.5. The van der Waals surface area contributed by atoms with Gasteiger partial charge in [-0.2, -0.15) is 0 Å². The van der Waals surface area contributed by atoms with Crippen molar-refractivity contribution in [3.8, 4) is 16.3 Å². The number of nitrogens with zero attached hydrogens (tertiary/aromatic N) is 4. The average molecular weight is 473 g/mol. The van der Waals surface area contributed by atoms with Crippen LogP contribution < -0.4 is 5.43 Å². The van der Waals surface area contributed by atoms with Gasteiger partial charge in [-0.3, -0.25) is 9.59 Å². The van der Waals surface area contributed by atoms with E-state index >= 15 is 0 Å². The Kier molecular flexibility index (Phi) is 6.57. The molecule has 0 radical (unpaired) electrons. The molecule has 0 spiro atoms. The summed E-state index contributed by atoms with van der Waals surface area (Å²) in [5.74, 6) is -1.28. The fraction of sp³-hybridized carbons (Fsp3) is 0.391. The Labute approximate surface area is 194 Å². The van der Waals surface area contributed by atoms with E-state index in [1.165, 1.54) is 23.5 Å². The molecule has 1 aliphatic rings. The summed E-state index contributed by atoms with van der Waals surface area (Å²) in [6.45, 7) is 4.70. The van der Waals surface area contributed by atoms with Crippen molar-refractivity contribution in [3.05, 3.63) is 62.8 Å². The number of pyridine rings is 1. The molecular weight excluding hydrogens is 447 g/mol. The second-order valence-corrected chi connectivity index (χ2v) is 9.33. The van der Waals surface area contributed by atoms with Gasteiger partial charge in [0.15, 0.2) is 16.5 Å². The predicted molar refractivity (Wildman–Crippen MR) is 122 cm³/mol. The lowest BCUT2D eigenvalue weighted by Crippen LogP contribution is -2.47. The number of amides is 1. The van der Waals surface area contributed by atoms with Gasteiger partial charge >= 0.3 is 0 Å². The maximum absolute atomic E-state index is 13.2. The van der Waals surface area contributed by atoms with Crippen molar-refractivity contribution in [2.24, 2.45) is 0 Å². The van der Waals surface area contributed by atoms with Crippen molar-refractivity contribution in [2.45, 2.75) is 38.8 Å². The molecule has 0 saturated carbocycles. The second-order valence-electron chi connectivity index (χ2n) is 8.27. The van der Waals surface area contributed by atoms with Crippen LogP contribution in [-0.2, 0) is 11.2 Å². The van der Waals surface area contributed by atoms with Crippen molar-refractivity contribution in [3.63, 3.8) is 0 Å². The van der Waals surface area contributed by atoms with Crippen molar-refractivity contribution in [1.29, 1.82) is 0 Å². The minimum absolute atomic E-state index is 0.0131. The first kappa shape index (κ1) is 23.1. The number of hydrogen-bond donors (Lipinski definition) is 1. The Morgan fingerprint density at radius 1 is 1.24 bits per heavy atom. The number of benzene rings is 1. The van der Waals surface area contributed by atoms with Crippen LogP contribution >= 0.6 is 11.3 Å². The molecule has 1 amide bonds. The van der Waals surface area contributed by atoms with Gasteiger partial charge in [0.1, 0.15) is 10.8 Å². The van der Waals surface area contributed by atoms with Gasteiger partial charge < -0.3 is 19.3 Å². The number of rotatable bonds is 7. The lowest BCUT2D eigenvalue weighted by molar-refractivity contribution is 0.0570. The van der Waals surface area contributed by atoms with Gasteiger partial charge in [0, 0.05) is 38.9 Å². The minimum atomic E-state index is -0.657. The fourth-order valence-electron chi connectivity index (χ4n) is 3.95. The molecule has 33 heavy (non-hydrogen) atoms. The smallest absolute Gasteiger partial charge is 0.274 e. The van der Waals surface area contributed by atoms with Gasteiger partial charge in [-0.1, -0.05) is 23.5 Å². The first-order chi connectivity index (χ1) is 15.8. The number of hydrogen-bond acceptors (Lipinski definition) is 7. The van der Waals surface area contributed by atoms with Gasteiger partial charge in [0.25, 0.3) is 5.91 Å². The van der Waals surface area contributed by atoms with E-state index in [2.05, 4.69) is 10.2 Å². The number of carbonyl (C=O) groups is 1. The molecule has 2 aromatic heterocycles. The molecule has 3 heterocycles. The lowest BCUT2D eigenvalue weighted by atomic mass is 10.0. The molecule has 0 bridgehead atoms. The fourth-order valence-corrected chi connectivity index (χ4v) is 4.83. The molecule has 0 saturated heterocycles. The molecule has 4 rings (SSSR count). The maximum atomic E-state index is 13.2. The van der Waals surface area contributed by atoms with E-state index in [1.807, 2.05) is 13.8 Å². The Balaban J connectivity index is 1.73.